The van der Waals surface area contributed by atoms with E-state index in [1.807, 2.05) is 6.92 Å². The number of rotatable bonds is 4. The minimum absolute atomic E-state index is 0.0554. The summed E-state index contributed by atoms with van der Waals surface area (Å²) in [4.78, 5) is 11.3. The molecular formula is C14H24O2. The van der Waals surface area contributed by atoms with Crippen LogP contribution in [0.15, 0.2) is 11.6 Å². The lowest BCUT2D eigenvalue weighted by Crippen LogP contribution is -2.23. The van der Waals surface area contributed by atoms with Crippen molar-refractivity contribution in [2.45, 2.75) is 53.4 Å². The van der Waals surface area contributed by atoms with Gasteiger partial charge in [-0.05, 0) is 31.6 Å². The molecule has 0 aromatic carbocycles. The Morgan fingerprint density at radius 1 is 1.56 bits per heavy atom. The van der Waals surface area contributed by atoms with Crippen LogP contribution in [0.4, 0.5) is 0 Å². The third-order valence-corrected chi connectivity index (χ3v) is 3.30. The first kappa shape index (κ1) is 13.3. The molecule has 1 aliphatic rings. The summed E-state index contributed by atoms with van der Waals surface area (Å²) in [6.45, 7) is 9.23. The molecule has 2 heteroatoms. The predicted molar refractivity (Wildman–Crippen MR) is 66.1 cm³/mol. The second-order valence-electron chi connectivity index (χ2n) is 5.55. The van der Waals surface area contributed by atoms with E-state index in [0.717, 1.165) is 12.8 Å². The van der Waals surface area contributed by atoms with Crippen LogP contribution < -0.4 is 0 Å². The maximum absolute atomic E-state index is 11.3. The SMILES string of the molecule is CCCC(=O)OCC1CCC(C)(C)C=C1C. The summed E-state index contributed by atoms with van der Waals surface area (Å²) in [6, 6.07) is 0. The quantitative estimate of drug-likeness (QED) is 0.537. The zero-order valence-electron chi connectivity index (χ0n) is 11.0. The van der Waals surface area contributed by atoms with E-state index in [2.05, 4.69) is 26.8 Å². The Morgan fingerprint density at radius 3 is 2.81 bits per heavy atom. The average molecular weight is 224 g/mol. The summed E-state index contributed by atoms with van der Waals surface area (Å²) in [6.07, 6.45) is 6.05. The fourth-order valence-electron chi connectivity index (χ4n) is 2.26. The van der Waals surface area contributed by atoms with Crippen LogP contribution in [0, 0.1) is 11.3 Å². The second kappa shape index (κ2) is 5.51. The first-order valence-corrected chi connectivity index (χ1v) is 6.29. The van der Waals surface area contributed by atoms with E-state index in [-0.39, 0.29) is 5.97 Å². The van der Waals surface area contributed by atoms with Gasteiger partial charge in [-0.1, -0.05) is 32.4 Å². The van der Waals surface area contributed by atoms with Crippen molar-refractivity contribution in [3.05, 3.63) is 11.6 Å². The van der Waals surface area contributed by atoms with Gasteiger partial charge in [-0.15, -0.1) is 0 Å². The number of ether oxygens (including phenoxy) is 1. The van der Waals surface area contributed by atoms with E-state index in [4.69, 9.17) is 4.74 Å². The fraction of sp³-hybridized carbons (Fsp3) is 0.786. The summed E-state index contributed by atoms with van der Waals surface area (Å²) in [7, 11) is 0. The molecule has 16 heavy (non-hydrogen) atoms. The molecule has 1 unspecified atom stereocenters. The molecule has 92 valence electrons. The molecule has 1 atom stereocenters. The van der Waals surface area contributed by atoms with Crippen molar-refractivity contribution in [2.24, 2.45) is 11.3 Å². The van der Waals surface area contributed by atoms with Gasteiger partial charge in [0.1, 0.15) is 0 Å². The Morgan fingerprint density at radius 2 is 2.25 bits per heavy atom. The highest BCUT2D eigenvalue weighted by atomic mass is 16.5. The van der Waals surface area contributed by atoms with Crippen LogP contribution >= 0.6 is 0 Å². The highest BCUT2D eigenvalue weighted by Crippen LogP contribution is 2.36. The largest absolute Gasteiger partial charge is 0.465 e. The first-order valence-electron chi connectivity index (χ1n) is 6.29. The minimum atomic E-state index is -0.0554. The predicted octanol–water partition coefficient (Wildman–Crippen LogP) is 3.71. The Hall–Kier alpha value is -0.790. The van der Waals surface area contributed by atoms with E-state index in [1.54, 1.807) is 0 Å². The van der Waals surface area contributed by atoms with Gasteiger partial charge in [-0.3, -0.25) is 4.79 Å². The van der Waals surface area contributed by atoms with Crippen molar-refractivity contribution in [2.75, 3.05) is 6.61 Å². The van der Waals surface area contributed by atoms with Gasteiger partial charge in [0, 0.05) is 12.3 Å². The van der Waals surface area contributed by atoms with Crippen LogP contribution in [0.5, 0.6) is 0 Å². The second-order valence-corrected chi connectivity index (χ2v) is 5.55. The Kier molecular flexibility index (Phi) is 4.57. The minimum Gasteiger partial charge on any atom is -0.465 e. The molecule has 2 nitrogen and oxygen atoms in total. The molecule has 0 radical (unpaired) electrons. The van der Waals surface area contributed by atoms with E-state index in [9.17, 15) is 4.79 Å². The molecule has 0 aromatic heterocycles. The Balaban J connectivity index is 2.42. The lowest BCUT2D eigenvalue weighted by atomic mass is 9.75. The fourth-order valence-corrected chi connectivity index (χ4v) is 2.26. The standard InChI is InChI=1S/C14H24O2/c1-5-6-13(15)16-10-12-7-8-14(3,4)9-11(12)2/h9,12H,5-8,10H2,1-4H3. The summed E-state index contributed by atoms with van der Waals surface area (Å²) >= 11 is 0. The van der Waals surface area contributed by atoms with Crippen LogP contribution in [0.1, 0.15) is 53.4 Å². The van der Waals surface area contributed by atoms with Gasteiger partial charge < -0.3 is 4.74 Å². The summed E-state index contributed by atoms with van der Waals surface area (Å²) < 4.78 is 5.28. The van der Waals surface area contributed by atoms with Crippen molar-refractivity contribution < 1.29 is 9.53 Å². The van der Waals surface area contributed by atoms with Gasteiger partial charge in [0.05, 0.1) is 6.61 Å². The van der Waals surface area contributed by atoms with Crippen LogP contribution in [0.25, 0.3) is 0 Å². The van der Waals surface area contributed by atoms with Crippen molar-refractivity contribution in [1.29, 1.82) is 0 Å². The summed E-state index contributed by atoms with van der Waals surface area (Å²) in [5.41, 5.74) is 1.69. The van der Waals surface area contributed by atoms with Gasteiger partial charge in [0.15, 0.2) is 0 Å². The molecule has 0 heterocycles. The zero-order chi connectivity index (χ0) is 12.2. The summed E-state index contributed by atoms with van der Waals surface area (Å²) in [5.74, 6) is 0.383. The Labute approximate surface area is 99.1 Å². The van der Waals surface area contributed by atoms with Crippen molar-refractivity contribution in [3.63, 3.8) is 0 Å². The topological polar surface area (TPSA) is 26.3 Å². The molecule has 1 aliphatic carbocycles. The lowest BCUT2D eigenvalue weighted by Gasteiger charge is -2.31. The van der Waals surface area contributed by atoms with E-state index >= 15 is 0 Å². The van der Waals surface area contributed by atoms with E-state index < -0.39 is 0 Å². The van der Waals surface area contributed by atoms with Crippen LogP contribution in [0.2, 0.25) is 0 Å². The average Bonchev–Trinajstić information content (AvgIpc) is 2.15. The van der Waals surface area contributed by atoms with E-state index in [0.29, 0.717) is 24.4 Å². The molecule has 0 amide bonds. The third-order valence-electron chi connectivity index (χ3n) is 3.30. The van der Waals surface area contributed by atoms with Crippen molar-refractivity contribution in [1.82, 2.24) is 0 Å². The number of carbonyl (C=O) groups is 1. The van der Waals surface area contributed by atoms with Gasteiger partial charge >= 0.3 is 5.97 Å². The van der Waals surface area contributed by atoms with Crippen molar-refractivity contribution in [3.8, 4) is 0 Å². The molecule has 0 bridgehead atoms. The van der Waals surface area contributed by atoms with Gasteiger partial charge in [0.25, 0.3) is 0 Å². The lowest BCUT2D eigenvalue weighted by molar-refractivity contribution is -0.144. The molecule has 0 aromatic rings. The van der Waals surface area contributed by atoms with Crippen LogP contribution in [-0.2, 0) is 9.53 Å². The number of carbonyl (C=O) groups excluding carboxylic acids is 1. The van der Waals surface area contributed by atoms with Gasteiger partial charge in [-0.25, -0.2) is 0 Å². The molecule has 0 saturated carbocycles. The summed E-state index contributed by atoms with van der Waals surface area (Å²) in [5, 5.41) is 0. The van der Waals surface area contributed by atoms with Crippen LogP contribution in [0.3, 0.4) is 0 Å². The molecule has 0 spiro atoms. The molecule has 1 rings (SSSR count). The number of esters is 1. The zero-order valence-corrected chi connectivity index (χ0v) is 11.0. The van der Waals surface area contributed by atoms with E-state index in [1.165, 1.54) is 12.0 Å². The van der Waals surface area contributed by atoms with Gasteiger partial charge in [0.2, 0.25) is 0 Å². The smallest absolute Gasteiger partial charge is 0.305 e. The maximum atomic E-state index is 11.3. The van der Waals surface area contributed by atoms with Crippen LogP contribution in [-0.4, -0.2) is 12.6 Å². The normalized spacial score (nSPS) is 23.8. The highest BCUT2D eigenvalue weighted by Gasteiger charge is 2.26. The molecular weight excluding hydrogens is 200 g/mol. The Bertz CT molecular complexity index is 276. The molecule has 0 aliphatic heterocycles. The molecule has 0 saturated heterocycles. The van der Waals surface area contributed by atoms with Gasteiger partial charge in [-0.2, -0.15) is 0 Å². The maximum Gasteiger partial charge on any atom is 0.305 e. The number of allylic oxidation sites excluding steroid dienone is 1. The third kappa shape index (κ3) is 3.99. The number of hydrogen-bond acceptors (Lipinski definition) is 2. The first-order chi connectivity index (χ1) is 7.44. The molecule has 0 N–H and O–H groups in total. The highest BCUT2D eigenvalue weighted by molar-refractivity contribution is 5.69. The molecule has 0 fully saturated rings. The van der Waals surface area contributed by atoms with Crippen molar-refractivity contribution >= 4 is 5.97 Å². The number of hydrogen-bond donors (Lipinski definition) is 0. The monoisotopic (exact) mass is 224 g/mol.